The molecule has 0 unspecified atom stereocenters. The number of aromatic nitrogens is 1. The van der Waals surface area contributed by atoms with Crippen molar-refractivity contribution in [3.63, 3.8) is 0 Å². The van der Waals surface area contributed by atoms with Crippen LogP contribution >= 0.6 is 12.2 Å². The molecule has 10 nitrogen and oxygen atoms in total. The zero-order chi connectivity index (χ0) is 24.9. The van der Waals surface area contributed by atoms with Crippen LogP contribution in [0.15, 0.2) is 21.3 Å². The summed E-state index contributed by atoms with van der Waals surface area (Å²) in [5, 5.41) is 33.8. The Morgan fingerprint density at radius 3 is 2.57 bits per heavy atom. The van der Waals surface area contributed by atoms with Crippen molar-refractivity contribution >= 4 is 46.6 Å². The Morgan fingerprint density at radius 1 is 1.31 bits per heavy atom. The first-order valence-corrected chi connectivity index (χ1v) is 11.0. The van der Waals surface area contributed by atoms with Crippen molar-refractivity contribution in [3.8, 4) is 0 Å². The topological polar surface area (TPSA) is 170 Å². The van der Waals surface area contributed by atoms with E-state index < -0.39 is 58.0 Å². The fourth-order valence-corrected chi connectivity index (χ4v) is 6.00. The van der Waals surface area contributed by atoms with Crippen molar-refractivity contribution in [1.29, 1.82) is 0 Å². The number of aryl methyl sites for hydroxylation is 1. The van der Waals surface area contributed by atoms with E-state index in [4.69, 9.17) is 22.4 Å². The number of benzene rings is 1. The summed E-state index contributed by atoms with van der Waals surface area (Å²) >= 11 is 5.07. The zero-order valence-corrected chi connectivity index (χ0v) is 22.8. The van der Waals surface area contributed by atoms with Gasteiger partial charge in [-0.25, -0.2) is 0 Å². The van der Waals surface area contributed by atoms with Crippen molar-refractivity contribution in [3.05, 3.63) is 44.5 Å². The molecule has 1 saturated carbocycles. The number of Topliss-reactive ketones (excluding diaryl/α,β-unsaturated/α-hetero) is 2. The summed E-state index contributed by atoms with van der Waals surface area (Å²) in [6.45, 7) is 1.81. The van der Waals surface area contributed by atoms with E-state index in [2.05, 4.69) is 11.1 Å². The SMILES string of the molecule is Cc1[c-]c2[nH]c(=S)oc2c2c1C[C@H]1C[C@H]3[C@H](N(C)C)C(=O)C(C(N)=O)=C(O)[C@@]3(O)C(=O)C1=C2O.[Y]. The molecule has 12 heteroatoms. The Hall–Kier alpha value is -2.18. The molecule has 1 aromatic heterocycles. The van der Waals surface area contributed by atoms with Crippen molar-refractivity contribution in [2.75, 3.05) is 14.1 Å². The van der Waals surface area contributed by atoms with Crippen molar-refractivity contribution in [2.45, 2.75) is 31.4 Å². The second-order valence-electron chi connectivity index (χ2n) is 9.28. The molecule has 0 spiro atoms. The number of carbonyl (C=O) groups excluding carboxylic acids is 3. The van der Waals surface area contributed by atoms with E-state index in [0.717, 1.165) is 5.56 Å². The Morgan fingerprint density at radius 2 is 1.97 bits per heavy atom. The molecule has 2 aromatic rings. The van der Waals surface area contributed by atoms with E-state index in [9.17, 15) is 29.7 Å². The van der Waals surface area contributed by atoms with Crippen LogP contribution in [-0.2, 0) is 53.5 Å². The van der Waals surface area contributed by atoms with Crippen LogP contribution in [0.3, 0.4) is 0 Å². The van der Waals surface area contributed by atoms with Crippen molar-refractivity contribution < 1.29 is 66.8 Å². The third-order valence-corrected chi connectivity index (χ3v) is 7.44. The number of oxazole rings is 1. The van der Waals surface area contributed by atoms with Crippen LogP contribution in [0.4, 0.5) is 0 Å². The van der Waals surface area contributed by atoms with Crippen LogP contribution in [0.2, 0.25) is 0 Å². The normalized spacial score (nSPS) is 28.1. The fraction of sp³-hybridized carbons (Fsp3) is 0.391. The number of aromatic amines is 1. The maximum atomic E-state index is 13.8. The second-order valence-corrected chi connectivity index (χ2v) is 9.65. The number of hydrogen-bond acceptors (Lipinski definition) is 9. The number of nitrogens with zero attached hydrogens (tertiary/aromatic N) is 1. The zero-order valence-electron chi connectivity index (χ0n) is 19.1. The van der Waals surface area contributed by atoms with Gasteiger partial charge >= 0.3 is 0 Å². The molecular weight excluding hydrogens is 551 g/mol. The summed E-state index contributed by atoms with van der Waals surface area (Å²) in [7, 11) is 3.15. The average Bonchev–Trinajstić information content (AvgIpc) is 3.10. The number of likely N-dealkylation sites (N-methyl/N-ethyl adjacent to an activating group) is 1. The van der Waals surface area contributed by atoms with Crippen molar-refractivity contribution in [2.24, 2.45) is 17.6 Å². The molecule has 3 aliphatic carbocycles. The molecule has 1 aromatic carbocycles. The second kappa shape index (κ2) is 8.45. The van der Waals surface area contributed by atoms with Crippen LogP contribution in [-0.4, -0.2) is 68.4 Å². The van der Waals surface area contributed by atoms with Gasteiger partial charge in [-0.1, -0.05) is 13.3 Å². The van der Waals surface area contributed by atoms with E-state index in [1.807, 2.05) is 6.92 Å². The number of fused-ring (bicyclic) bond motifs is 5. The number of rotatable bonds is 2. The van der Waals surface area contributed by atoms with Gasteiger partial charge in [-0.15, -0.1) is 5.56 Å². The summed E-state index contributed by atoms with van der Waals surface area (Å²) in [4.78, 5) is 43.3. The summed E-state index contributed by atoms with van der Waals surface area (Å²) < 4.78 is 5.56. The average molecular weight is 573 g/mol. The van der Waals surface area contributed by atoms with E-state index >= 15 is 0 Å². The predicted molar refractivity (Wildman–Crippen MR) is 121 cm³/mol. The van der Waals surface area contributed by atoms with Gasteiger partial charge in [0.25, 0.3) is 10.7 Å². The molecule has 0 bridgehead atoms. The number of H-pyrrole nitrogens is 1. The molecule has 6 N–H and O–H groups in total. The van der Waals surface area contributed by atoms with Gasteiger partial charge < -0.3 is 30.5 Å². The molecule has 3 aliphatic rings. The molecule has 181 valence electrons. The number of aliphatic hydroxyl groups is 3. The molecule has 1 fully saturated rings. The van der Waals surface area contributed by atoms with Gasteiger partial charge in [-0.05, 0) is 49.7 Å². The summed E-state index contributed by atoms with van der Waals surface area (Å²) in [5.74, 6) is -6.12. The Balaban J connectivity index is 0.00000289. The van der Waals surface area contributed by atoms with Gasteiger partial charge in [-0.2, -0.15) is 11.6 Å². The molecule has 0 saturated heterocycles. The first-order chi connectivity index (χ1) is 15.9. The maximum Gasteiger partial charge on any atom is 0.255 e. The maximum absolute atomic E-state index is 13.8. The number of primary amides is 1. The van der Waals surface area contributed by atoms with Gasteiger partial charge in [-0.3, -0.25) is 19.3 Å². The number of nitrogens with two attached hydrogens (primary N) is 1. The molecular formula is C23H22N3O7SY-. The molecule has 0 aliphatic heterocycles. The standard InChI is InChI=1S/C23H22N3O7S.Y/c1-7-4-11-18(33-22(34)25-11)13-9(7)5-8-6-10-15(26(2)3)17(28)14(21(24)31)20(30)23(10,32)19(29)12(8)16(13)27;/h8,10,15,27,30,32H,5-6H2,1-3H3,(H2,24,31)(H,25,34);/q-1;/t8-,10-,15-,23-;/m0./s1. The van der Waals surface area contributed by atoms with Crippen LogP contribution < -0.4 is 5.73 Å². The van der Waals surface area contributed by atoms with Crippen LogP contribution in [0.5, 0.6) is 0 Å². The third kappa shape index (κ3) is 3.36. The van der Waals surface area contributed by atoms with Gasteiger partial charge in [0, 0.05) is 44.2 Å². The smallest absolute Gasteiger partial charge is 0.255 e. The number of hydrogen-bond donors (Lipinski definition) is 5. The molecule has 1 heterocycles. The number of ketones is 2. The number of nitrogens with one attached hydrogen (secondary N) is 1. The molecule has 35 heavy (non-hydrogen) atoms. The summed E-state index contributed by atoms with van der Waals surface area (Å²) in [6.07, 6.45) is 0.389. The summed E-state index contributed by atoms with van der Waals surface area (Å²) in [5.41, 5.74) is 4.12. The van der Waals surface area contributed by atoms with E-state index in [-0.39, 0.29) is 60.7 Å². The molecule has 1 amide bonds. The first-order valence-electron chi connectivity index (χ1n) is 10.6. The van der Waals surface area contributed by atoms with Gasteiger partial charge in [0.2, 0.25) is 5.78 Å². The number of amides is 1. The van der Waals surface area contributed by atoms with Gasteiger partial charge in [0.05, 0.1) is 11.6 Å². The monoisotopic (exact) mass is 573 g/mol. The predicted octanol–water partition coefficient (Wildman–Crippen LogP) is 1.17. The first kappa shape index (κ1) is 25.9. The Labute approximate surface area is 229 Å². The minimum atomic E-state index is -2.61. The van der Waals surface area contributed by atoms with Crippen LogP contribution in [0, 0.1) is 29.7 Å². The minimum absolute atomic E-state index is 0. The number of carbonyl (C=O) groups is 3. The quantitative estimate of drug-likeness (QED) is 0.201. The Bertz CT molecular complexity index is 1450. The van der Waals surface area contributed by atoms with Crippen LogP contribution in [0.1, 0.15) is 23.1 Å². The van der Waals surface area contributed by atoms with Gasteiger partial charge in [0.15, 0.2) is 11.4 Å². The van der Waals surface area contributed by atoms with E-state index in [1.165, 1.54) is 4.90 Å². The minimum Gasteiger partial charge on any atom is -0.509 e. The van der Waals surface area contributed by atoms with Crippen LogP contribution in [0.25, 0.3) is 16.9 Å². The van der Waals surface area contributed by atoms with Crippen molar-refractivity contribution in [1.82, 2.24) is 9.88 Å². The Kier molecular flexibility index (Phi) is 6.25. The largest absolute Gasteiger partial charge is 0.509 e. The van der Waals surface area contributed by atoms with E-state index in [1.54, 1.807) is 14.1 Å². The fourth-order valence-electron chi connectivity index (χ4n) is 5.82. The third-order valence-electron chi connectivity index (χ3n) is 7.26. The number of aliphatic hydroxyl groups excluding tert-OH is 2. The summed E-state index contributed by atoms with van der Waals surface area (Å²) in [6, 6.07) is 2.06. The van der Waals surface area contributed by atoms with Gasteiger partial charge in [0.1, 0.15) is 17.1 Å². The molecule has 5 rings (SSSR count). The molecule has 4 atom stereocenters. The van der Waals surface area contributed by atoms with E-state index in [0.29, 0.717) is 17.5 Å². The molecule has 1 radical (unpaired) electrons.